The predicted octanol–water partition coefficient (Wildman–Crippen LogP) is 4.51. The van der Waals surface area contributed by atoms with Gasteiger partial charge in [0.1, 0.15) is 23.1 Å². The van der Waals surface area contributed by atoms with E-state index in [1.54, 1.807) is 11.0 Å². The molecule has 4 rings (SSSR count). The maximum Gasteiger partial charge on any atom is 0.410 e. The van der Waals surface area contributed by atoms with Gasteiger partial charge in [0, 0.05) is 31.0 Å². The van der Waals surface area contributed by atoms with E-state index in [1.807, 2.05) is 20.8 Å². The number of nitrogens with zero attached hydrogens (tertiary/aromatic N) is 3. The first kappa shape index (κ1) is 24.3. The maximum absolute atomic E-state index is 14.5. The molecule has 2 aromatic rings. The summed E-state index contributed by atoms with van der Waals surface area (Å²) < 4.78 is 53.5. The number of hydrogen-bond acceptors (Lipinski definition) is 7. The fourth-order valence-corrected chi connectivity index (χ4v) is 5.44. The van der Waals surface area contributed by atoms with Crippen LogP contribution in [-0.4, -0.2) is 56.4 Å². The van der Waals surface area contributed by atoms with Crippen LogP contribution in [0.15, 0.2) is 29.2 Å². The number of carbonyl (C=O) groups is 1. The van der Waals surface area contributed by atoms with Gasteiger partial charge in [-0.1, -0.05) is 0 Å². The molecule has 0 radical (unpaired) electrons. The van der Waals surface area contributed by atoms with Gasteiger partial charge in [0.15, 0.2) is 0 Å². The van der Waals surface area contributed by atoms with E-state index in [0.717, 1.165) is 31.2 Å². The number of anilines is 1. The summed E-state index contributed by atoms with van der Waals surface area (Å²) in [4.78, 5) is 13.6. The summed E-state index contributed by atoms with van der Waals surface area (Å²) in [6, 6.07) is 5.05. The second-order valence-corrected chi connectivity index (χ2v) is 12.3. The third kappa shape index (κ3) is 5.29. The number of benzene rings is 1. The van der Waals surface area contributed by atoms with E-state index >= 15 is 0 Å². The number of nitrogens with one attached hydrogen (secondary N) is 2. The fourth-order valence-electron chi connectivity index (χ4n) is 4.68. The molecule has 8 nitrogen and oxygen atoms in total. The zero-order chi connectivity index (χ0) is 24.8. The molecule has 2 unspecified atom stereocenters. The zero-order valence-electron chi connectivity index (χ0n) is 19.6. The monoisotopic (exact) mass is 493 g/mol. The lowest BCUT2D eigenvalue weighted by atomic mass is 10.0. The molecule has 1 aromatic carbocycles. The first-order chi connectivity index (χ1) is 15.8. The average Bonchev–Trinajstić information content (AvgIpc) is 3.27. The van der Waals surface area contributed by atoms with Gasteiger partial charge in [0.25, 0.3) is 0 Å². The first-order valence-corrected chi connectivity index (χ1v) is 13.1. The first-order valence-electron chi connectivity index (χ1n) is 11.1. The minimum absolute atomic E-state index is 0.110. The Morgan fingerprint density at radius 3 is 2.32 bits per heavy atom. The summed E-state index contributed by atoms with van der Waals surface area (Å²) in [5, 5.41) is 11.5. The number of carbonyl (C=O) groups excluding carboxylic acids is 1. The van der Waals surface area contributed by atoms with E-state index in [2.05, 4.69) is 15.5 Å². The molecule has 2 aliphatic rings. The van der Waals surface area contributed by atoms with Crippen LogP contribution in [0.2, 0.25) is 0 Å². The second-order valence-electron chi connectivity index (χ2n) is 10.1. The van der Waals surface area contributed by atoms with Crippen LogP contribution in [0.1, 0.15) is 33.6 Å². The summed E-state index contributed by atoms with van der Waals surface area (Å²) >= 11 is 0. The second kappa shape index (κ2) is 8.75. The van der Waals surface area contributed by atoms with Gasteiger partial charge in [-0.05, 0) is 69.7 Å². The summed E-state index contributed by atoms with van der Waals surface area (Å²) in [5.41, 5.74) is -0.487. The van der Waals surface area contributed by atoms with Gasteiger partial charge in [-0.3, -0.25) is 0 Å². The Labute approximate surface area is 198 Å². The number of rotatable bonds is 4. The Kier molecular flexibility index (Phi) is 6.26. The van der Waals surface area contributed by atoms with Crippen molar-refractivity contribution in [2.45, 2.75) is 50.2 Å². The Bertz CT molecular complexity index is 1180. The molecular weight excluding hydrogens is 464 g/mol. The molecule has 34 heavy (non-hydrogen) atoms. The molecule has 0 spiro atoms. The van der Waals surface area contributed by atoms with E-state index in [9.17, 15) is 17.8 Å². The molecule has 1 saturated heterocycles. The van der Waals surface area contributed by atoms with Gasteiger partial charge in [0.2, 0.25) is 0 Å². The number of aromatic nitrogens is 2. The third-order valence-corrected chi connectivity index (χ3v) is 7.29. The molecule has 2 heterocycles. The van der Waals surface area contributed by atoms with E-state index < -0.39 is 31.9 Å². The topological polar surface area (TPSA) is 108 Å². The van der Waals surface area contributed by atoms with Gasteiger partial charge >= 0.3 is 6.09 Å². The van der Waals surface area contributed by atoms with Gasteiger partial charge in [-0.25, -0.2) is 22.6 Å². The molecule has 0 bridgehead atoms. The highest BCUT2D eigenvalue weighted by Crippen LogP contribution is 2.39. The lowest BCUT2D eigenvalue weighted by molar-refractivity contribution is 0.0280. The Morgan fingerprint density at radius 2 is 1.79 bits per heavy atom. The van der Waals surface area contributed by atoms with Crippen LogP contribution >= 0.6 is 0 Å². The van der Waals surface area contributed by atoms with E-state index in [0.29, 0.717) is 30.7 Å². The number of fused-ring (bicyclic) bond motifs is 1. The molecule has 1 saturated carbocycles. The summed E-state index contributed by atoms with van der Waals surface area (Å²) in [6.07, 6.45) is 2.54. The molecule has 1 aliphatic heterocycles. The van der Waals surface area contributed by atoms with Crippen molar-refractivity contribution in [2.75, 3.05) is 24.7 Å². The SMILES string of the molecule is CC(C)(C)OC(=O)N1C[C@H]2CC(Nc3ccc(-c4cc(F)c(S(C)(=N)=O)cc4F)nn3)C[C@H]2C1. The molecule has 2 N–H and O–H groups in total. The summed E-state index contributed by atoms with van der Waals surface area (Å²) in [7, 11) is -3.39. The Balaban J connectivity index is 1.37. The van der Waals surface area contributed by atoms with Crippen molar-refractivity contribution >= 4 is 21.6 Å². The van der Waals surface area contributed by atoms with Gasteiger partial charge < -0.3 is 15.0 Å². The van der Waals surface area contributed by atoms with Crippen LogP contribution in [0.4, 0.5) is 19.4 Å². The Hall–Kier alpha value is -2.82. The highest BCUT2D eigenvalue weighted by molar-refractivity contribution is 7.91. The fraction of sp³-hybridized carbons (Fsp3) is 0.522. The number of amides is 1. The van der Waals surface area contributed by atoms with E-state index in [4.69, 9.17) is 9.52 Å². The van der Waals surface area contributed by atoms with Crippen LogP contribution in [0, 0.1) is 28.2 Å². The van der Waals surface area contributed by atoms with Crippen molar-refractivity contribution in [1.82, 2.24) is 15.1 Å². The minimum Gasteiger partial charge on any atom is -0.444 e. The smallest absolute Gasteiger partial charge is 0.410 e. The van der Waals surface area contributed by atoms with Crippen LogP contribution in [0.5, 0.6) is 0 Å². The van der Waals surface area contributed by atoms with Gasteiger partial charge in [0.05, 0.1) is 20.3 Å². The van der Waals surface area contributed by atoms with Crippen molar-refractivity contribution in [3.05, 3.63) is 35.9 Å². The molecule has 2 fully saturated rings. The molecule has 1 aliphatic carbocycles. The molecule has 4 atom stereocenters. The average molecular weight is 494 g/mol. The quantitative estimate of drug-likeness (QED) is 0.649. The molecular formula is C23H29F2N5O3S. The molecule has 1 amide bonds. The number of halogens is 2. The summed E-state index contributed by atoms with van der Waals surface area (Å²) in [6.45, 7) is 6.91. The minimum atomic E-state index is -3.39. The van der Waals surface area contributed by atoms with E-state index in [1.165, 1.54) is 6.07 Å². The molecule has 184 valence electrons. The van der Waals surface area contributed by atoms with Crippen LogP contribution in [-0.2, 0) is 14.5 Å². The van der Waals surface area contributed by atoms with Gasteiger partial charge in [-0.15, -0.1) is 10.2 Å². The predicted molar refractivity (Wildman–Crippen MR) is 124 cm³/mol. The van der Waals surface area contributed by atoms with Crippen molar-refractivity contribution < 1.29 is 22.5 Å². The van der Waals surface area contributed by atoms with Crippen LogP contribution < -0.4 is 5.32 Å². The van der Waals surface area contributed by atoms with Crippen molar-refractivity contribution in [3.8, 4) is 11.3 Å². The number of likely N-dealkylation sites (tertiary alicyclic amines) is 1. The van der Waals surface area contributed by atoms with E-state index in [-0.39, 0.29) is 23.4 Å². The lowest BCUT2D eigenvalue weighted by Crippen LogP contribution is -2.36. The van der Waals surface area contributed by atoms with Crippen LogP contribution in [0.25, 0.3) is 11.3 Å². The summed E-state index contributed by atoms with van der Waals surface area (Å²) in [5.74, 6) is -0.428. The van der Waals surface area contributed by atoms with Crippen molar-refractivity contribution in [1.29, 1.82) is 4.78 Å². The normalized spacial score (nSPS) is 23.9. The number of hydrogen-bond donors (Lipinski definition) is 2. The maximum atomic E-state index is 14.5. The standard InChI is InChI=1S/C23H29F2N5O3S/c1-23(2,3)33-22(31)30-11-13-7-15(8-14(13)12-30)27-21-6-5-19(28-29-21)16-9-18(25)20(10-17(16)24)34(4,26)32/h5-6,9-10,13-15,26H,7-8,11-12H2,1-4H3,(H,27,29)/t13-,14+,15?,34?. The zero-order valence-corrected chi connectivity index (χ0v) is 20.4. The highest BCUT2D eigenvalue weighted by Gasteiger charge is 2.43. The molecule has 1 aromatic heterocycles. The van der Waals surface area contributed by atoms with Crippen LogP contribution in [0.3, 0.4) is 0 Å². The lowest BCUT2D eigenvalue weighted by Gasteiger charge is -2.25. The van der Waals surface area contributed by atoms with Crippen molar-refractivity contribution in [3.63, 3.8) is 0 Å². The largest absolute Gasteiger partial charge is 0.444 e. The third-order valence-electron chi connectivity index (χ3n) is 6.14. The van der Waals surface area contributed by atoms with Gasteiger partial charge in [-0.2, -0.15) is 0 Å². The molecule has 11 heteroatoms. The Morgan fingerprint density at radius 1 is 1.15 bits per heavy atom. The highest BCUT2D eigenvalue weighted by atomic mass is 32.2. The number of ether oxygens (including phenoxy) is 1. The van der Waals surface area contributed by atoms with Crippen molar-refractivity contribution in [2.24, 2.45) is 11.8 Å².